The Morgan fingerprint density at radius 1 is 0.912 bits per heavy atom. The van der Waals surface area contributed by atoms with E-state index in [9.17, 15) is 24.6 Å². The lowest BCUT2D eigenvalue weighted by Gasteiger charge is -2.28. The van der Waals surface area contributed by atoms with Gasteiger partial charge < -0.3 is 30.6 Å². The Morgan fingerprint density at radius 2 is 1.21 bits per heavy atom. The first-order chi connectivity index (χ1) is 15.0. The van der Waals surface area contributed by atoms with Crippen LogP contribution in [0.15, 0.2) is 10.2 Å². The lowest BCUT2D eigenvalue weighted by molar-refractivity contribution is -0.260. The minimum absolute atomic E-state index is 0.218. The number of halogens is 1. The van der Waals surface area contributed by atoms with Crippen LogP contribution in [0.5, 0.6) is 0 Å². The van der Waals surface area contributed by atoms with E-state index in [0.29, 0.717) is 0 Å². The summed E-state index contributed by atoms with van der Waals surface area (Å²) in [6.45, 7) is 15.4. The van der Waals surface area contributed by atoms with Gasteiger partial charge in [-0.2, -0.15) is 10.2 Å². The number of nitrogens with zero attached hydrogens (tertiary/aromatic N) is 2. The summed E-state index contributed by atoms with van der Waals surface area (Å²) >= 11 is 4.64. The first-order valence-electron chi connectivity index (χ1n) is 9.17. The summed E-state index contributed by atoms with van der Waals surface area (Å²) in [7, 11) is 0. The molecular formula is C18H37ClN6O9-2. The number of hydrogen-bond donors (Lipinski definition) is 5. The molecule has 34 heavy (non-hydrogen) atoms. The van der Waals surface area contributed by atoms with E-state index in [1.165, 1.54) is 20.8 Å². The van der Waals surface area contributed by atoms with Gasteiger partial charge in [0, 0.05) is 26.4 Å². The fourth-order valence-electron chi connectivity index (χ4n) is 0.714. The highest BCUT2D eigenvalue weighted by Crippen LogP contribution is 2.06. The number of carbonyl (C=O) groups is 4. The number of nitrogens with one attached hydrogen (secondary N) is 2. The van der Waals surface area contributed by atoms with Gasteiger partial charge in [0.2, 0.25) is 11.1 Å². The zero-order valence-corrected chi connectivity index (χ0v) is 21.9. The van der Waals surface area contributed by atoms with Gasteiger partial charge in [0.25, 0.3) is 5.97 Å². The molecule has 0 spiro atoms. The molecule has 15 nitrogen and oxygen atoms in total. The van der Waals surface area contributed by atoms with Crippen molar-refractivity contribution in [1.29, 1.82) is 0 Å². The maximum absolute atomic E-state index is 10.8. The SMILES string of the molecule is CC(=O)Cl.CC(=O)NN.CC(=O)O.CC(C)(C)OC([O-])=NN.CC([O-])=NNC(=O)OC(C)(C)C. The van der Waals surface area contributed by atoms with Crippen LogP contribution in [-0.2, 0) is 23.9 Å². The number of carboxylic acid groups (broad SMARTS) is 1. The molecule has 0 unspecified atom stereocenters. The highest BCUT2D eigenvalue weighted by atomic mass is 35.5. The Hall–Kier alpha value is -3.33. The number of aliphatic carboxylic acids is 1. The van der Waals surface area contributed by atoms with Gasteiger partial charge in [-0.05, 0) is 45.2 Å². The number of amides is 2. The third-order valence-electron chi connectivity index (χ3n) is 1.41. The van der Waals surface area contributed by atoms with Gasteiger partial charge in [0.05, 0.1) is 0 Å². The molecule has 2 amide bonds. The lowest BCUT2D eigenvalue weighted by Crippen LogP contribution is -2.32. The van der Waals surface area contributed by atoms with E-state index in [1.807, 2.05) is 10.9 Å². The summed E-state index contributed by atoms with van der Waals surface area (Å²) in [6.07, 6.45) is -1.46. The van der Waals surface area contributed by atoms with Crippen LogP contribution in [0.3, 0.4) is 0 Å². The van der Waals surface area contributed by atoms with Gasteiger partial charge >= 0.3 is 6.09 Å². The molecule has 0 heterocycles. The van der Waals surface area contributed by atoms with Crippen molar-refractivity contribution in [2.45, 2.75) is 80.4 Å². The first-order valence-corrected chi connectivity index (χ1v) is 9.55. The number of carboxylic acids is 1. The van der Waals surface area contributed by atoms with Gasteiger partial charge in [-0.3, -0.25) is 19.8 Å². The predicted molar refractivity (Wildman–Crippen MR) is 123 cm³/mol. The van der Waals surface area contributed by atoms with Crippen LogP contribution >= 0.6 is 11.6 Å². The lowest BCUT2D eigenvalue weighted by atomic mass is 10.2. The number of rotatable bonds is 1. The van der Waals surface area contributed by atoms with E-state index in [4.69, 9.17) is 14.6 Å². The molecule has 0 saturated heterocycles. The van der Waals surface area contributed by atoms with Crippen LogP contribution in [-0.4, -0.2) is 51.5 Å². The molecule has 0 fully saturated rings. The van der Waals surface area contributed by atoms with Crippen LogP contribution < -0.4 is 32.7 Å². The molecule has 0 radical (unpaired) electrons. The smallest absolute Gasteiger partial charge is 0.428 e. The molecule has 7 N–H and O–H groups in total. The first kappa shape index (κ1) is 41.0. The number of hydrogen-bond acceptors (Lipinski definition) is 12. The van der Waals surface area contributed by atoms with Gasteiger partial charge in [-0.1, -0.05) is 20.8 Å². The average Bonchev–Trinajstić information content (AvgIpc) is 2.57. The monoisotopic (exact) mass is 516 g/mol. The zero-order valence-electron chi connectivity index (χ0n) is 21.1. The third-order valence-corrected chi connectivity index (χ3v) is 1.41. The Balaban J connectivity index is -0.000000112. The van der Waals surface area contributed by atoms with E-state index >= 15 is 0 Å². The molecule has 0 rings (SSSR count). The molecule has 0 aliphatic heterocycles. The summed E-state index contributed by atoms with van der Waals surface area (Å²) in [5, 5.41) is 33.6. The Bertz CT molecular complexity index is 633. The highest BCUT2D eigenvalue weighted by Gasteiger charge is 2.15. The van der Waals surface area contributed by atoms with Gasteiger partial charge in [0.1, 0.15) is 5.60 Å². The minimum atomic E-state index is -0.833. The van der Waals surface area contributed by atoms with Crippen molar-refractivity contribution < 1.29 is 44.0 Å². The van der Waals surface area contributed by atoms with Crippen molar-refractivity contribution in [3.05, 3.63) is 0 Å². The van der Waals surface area contributed by atoms with Crippen molar-refractivity contribution in [3.8, 4) is 0 Å². The van der Waals surface area contributed by atoms with Crippen molar-refractivity contribution in [1.82, 2.24) is 10.9 Å². The maximum atomic E-state index is 10.8. The molecule has 0 aromatic carbocycles. The Morgan fingerprint density at radius 3 is 1.35 bits per heavy atom. The number of hydrazone groups is 2. The van der Waals surface area contributed by atoms with E-state index in [2.05, 4.69) is 38.2 Å². The second-order valence-corrected chi connectivity index (χ2v) is 8.08. The van der Waals surface area contributed by atoms with Crippen LogP contribution in [0.2, 0.25) is 0 Å². The summed E-state index contributed by atoms with van der Waals surface area (Å²) < 4.78 is 9.45. The van der Waals surface area contributed by atoms with Gasteiger partial charge in [-0.15, -0.1) is 0 Å². The van der Waals surface area contributed by atoms with Crippen LogP contribution in [0.25, 0.3) is 0 Å². The summed E-state index contributed by atoms with van der Waals surface area (Å²) in [5.41, 5.74) is 2.77. The summed E-state index contributed by atoms with van der Waals surface area (Å²) in [5.74, 6) is 7.68. The standard InChI is InChI=1S/C7H14N2O3.C5H12N2O2.C2H3ClO.C2H6N2O.C2H4O2/c1-5(10)8-9-6(11)12-7(2,3)4;1-5(2,3)9-4(8)7-6;1-2(3)4;1-2(5)4-3;1-2(3)4/h1-4H3,(H,8,10)(H,9,11);6H2,1-3H3,(H,7,8);1H3;3H2,1H3,(H,4,5);1H3,(H,3,4)/p-2. The fourth-order valence-corrected chi connectivity index (χ4v) is 0.714. The van der Waals surface area contributed by atoms with Crippen molar-refractivity contribution in [2.24, 2.45) is 21.9 Å². The Kier molecular flexibility index (Phi) is 27.5. The van der Waals surface area contributed by atoms with Crippen molar-refractivity contribution in [3.63, 3.8) is 0 Å². The molecule has 0 saturated carbocycles. The Labute approximate surface area is 204 Å². The molecule has 0 aliphatic carbocycles. The zero-order chi connectivity index (χ0) is 28.7. The van der Waals surface area contributed by atoms with Gasteiger partial charge in [-0.25, -0.2) is 16.1 Å². The normalized spacial score (nSPS) is 10.5. The molecule has 0 aliphatic rings. The largest absolute Gasteiger partial charge is 0.861 e. The van der Waals surface area contributed by atoms with E-state index in [1.54, 1.807) is 41.5 Å². The average molecular weight is 517 g/mol. The molecule has 0 aromatic heterocycles. The van der Waals surface area contributed by atoms with E-state index in [0.717, 1.165) is 6.92 Å². The molecule has 16 heteroatoms. The number of carbonyl (C=O) groups excluding carboxylic acids is 3. The molecule has 0 aromatic rings. The second-order valence-electron chi connectivity index (χ2n) is 7.54. The quantitative estimate of drug-likeness (QED) is 0.0737. The van der Waals surface area contributed by atoms with Gasteiger partial charge in [0.15, 0.2) is 6.08 Å². The molecule has 0 bridgehead atoms. The van der Waals surface area contributed by atoms with Crippen molar-refractivity contribution in [2.75, 3.05) is 0 Å². The molecule has 202 valence electrons. The predicted octanol–water partition coefficient (Wildman–Crippen LogP) is -0.545. The third kappa shape index (κ3) is 89.4. The number of hydrazine groups is 1. The van der Waals surface area contributed by atoms with Crippen LogP contribution in [0.1, 0.15) is 69.2 Å². The van der Waals surface area contributed by atoms with Crippen LogP contribution in [0.4, 0.5) is 4.79 Å². The molecular weight excluding hydrogens is 480 g/mol. The van der Waals surface area contributed by atoms with Crippen molar-refractivity contribution >= 4 is 46.8 Å². The minimum Gasteiger partial charge on any atom is -0.861 e. The van der Waals surface area contributed by atoms with E-state index < -0.39 is 35.2 Å². The van der Waals surface area contributed by atoms with E-state index in [-0.39, 0.29) is 11.1 Å². The summed E-state index contributed by atoms with van der Waals surface area (Å²) in [6, 6.07) is 0. The second kappa shape index (κ2) is 22.8. The highest BCUT2D eigenvalue weighted by molar-refractivity contribution is 6.62. The summed E-state index contributed by atoms with van der Waals surface area (Å²) in [4.78, 5) is 38.6. The number of nitrogens with two attached hydrogens (primary N) is 2. The fraction of sp³-hybridized carbons (Fsp3) is 0.667. The maximum Gasteiger partial charge on any atom is 0.428 e. The van der Waals surface area contributed by atoms with Crippen LogP contribution in [0, 0.1) is 0 Å². The topological polar surface area (TPSA) is 254 Å². The molecule has 0 atom stereocenters. The number of ether oxygens (including phenoxy) is 2.